The van der Waals surface area contributed by atoms with E-state index in [1.807, 2.05) is 0 Å². The highest BCUT2D eigenvalue weighted by atomic mass is 16.2. The van der Waals surface area contributed by atoms with Crippen molar-refractivity contribution in [2.45, 2.75) is 25.3 Å². The molecule has 8 heteroatoms. The molecule has 0 bridgehead atoms. The molecule has 3 fully saturated rings. The third kappa shape index (κ3) is 2.34. The van der Waals surface area contributed by atoms with Gasteiger partial charge >= 0.3 is 0 Å². The molecule has 0 radical (unpaired) electrons. The Balaban J connectivity index is 1.64. The first kappa shape index (κ1) is 13.8. The summed E-state index contributed by atoms with van der Waals surface area (Å²) in [4.78, 5) is 48.8. The van der Waals surface area contributed by atoms with Crippen LogP contribution in [0.4, 0.5) is 0 Å². The Morgan fingerprint density at radius 1 is 1.10 bits per heavy atom. The number of likely N-dealkylation sites (tertiary alicyclic amines) is 1. The zero-order valence-electron chi connectivity index (χ0n) is 11.6. The second-order valence-electron chi connectivity index (χ2n) is 5.83. The fraction of sp³-hybridized carbons (Fsp3) is 0.692. The summed E-state index contributed by atoms with van der Waals surface area (Å²) in [5, 5.41) is 7.64. The van der Waals surface area contributed by atoms with E-state index in [-0.39, 0.29) is 23.8 Å². The van der Waals surface area contributed by atoms with E-state index < -0.39 is 17.9 Å². The first-order valence-electron chi connectivity index (χ1n) is 7.16. The molecule has 3 N–H and O–H groups in total. The molecule has 0 unspecified atom stereocenters. The number of hydrogen-bond acceptors (Lipinski definition) is 4. The second kappa shape index (κ2) is 5.01. The Labute approximate surface area is 121 Å². The highest BCUT2D eigenvalue weighted by Crippen LogP contribution is 2.38. The first-order chi connectivity index (χ1) is 10.0. The molecular weight excluding hydrogens is 276 g/mol. The van der Waals surface area contributed by atoms with Crippen molar-refractivity contribution in [2.24, 2.45) is 5.41 Å². The van der Waals surface area contributed by atoms with Crippen LogP contribution in [0.15, 0.2) is 0 Å². The Bertz CT molecular complexity index is 510. The van der Waals surface area contributed by atoms with Crippen molar-refractivity contribution in [2.75, 3.05) is 26.2 Å². The van der Waals surface area contributed by atoms with E-state index in [0.717, 1.165) is 6.42 Å². The van der Waals surface area contributed by atoms with Crippen LogP contribution in [0.1, 0.15) is 19.3 Å². The smallest absolute Gasteiger partial charge is 0.254 e. The van der Waals surface area contributed by atoms with Crippen molar-refractivity contribution >= 4 is 23.6 Å². The van der Waals surface area contributed by atoms with E-state index >= 15 is 0 Å². The number of piperazine rings is 1. The summed E-state index contributed by atoms with van der Waals surface area (Å²) in [5.41, 5.74) is -0.352. The Kier molecular flexibility index (Phi) is 3.30. The van der Waals surface area contributed by atoms with Gasteiger partial charge in [0, 0.05) is 19.6 Å². The third-order valence-electron chi connectivity index (χ3n) is 4.64. The van der Waals surface area contributed by atoms with Gasteiger partial charge in [0.05, 0.1) is 12.0 Å². The summed E-state index contributed by atoms with van der Waals surface area (Å²) in [7, 11) is 0. The Morgan fingerprint density at radius 2 is 1.81 bits per heavy atom. The van der Waals surface area contributed by atoms with Crippen LogP contribution in [0.2, 0.25) is 0 Å². The zero-order valence-corrected chi connectivity index (χ0v) is 11.6. The fourth-order valence-electron chi connectivity index (χ4n) is 3.25. The van der Waals surface area contributed by atoms with Gasteiger partial charge in [-0.05, 0) is 19.3 Å². The highest BCUT2D eigenvalue weighted by Gasteiger charge is 2.46. The predicted molar refractivity (Wildman–Crippen MR) is 70.8 cm³/mol. The van der Waals surface area contributed by atoms with Crippen LogP contribution in [0.5, 0.6) is 0 Å². The number of carbonyl (C=O) groups excluding carboxylic acids is 4. The minimum atomic E-state index is -1.14. The lowest BCUT2D eigenvalue weighted by atomic mass is 9.77. The molecular formula is C13H18N4O4. The molecule has 0 aromatic carbocycles. The van der Waals surface area contributed by atoms with Gasteiger partial charge in [-0.25, -0.2) is 0 Å². The predicted octanol–water partition coefficient (Wildman–Crippen LogP) is -2.27. The topological polar surface area (TPSA) is 108 Å². The summed E-state index contributed by atoms with van der Waals surface area (Å²) >= 11 is 0. The average molecular weight is 294 g/mol. The molecule has 0 aliphatic carbocycles. The summed E-state index contributed by atoms with van der Waals surface area (Å²) in [5.74, 6) is -1.16. The highest BCUT2D eigenvalue weighted by molar-refractivity contribution is 6.10. The van der Waals surface area contributed by atoms with Crippen LogP contribution in [0, 0.1) is 5.41 Å². The van der Waals surface area contributed by atoms with Crippen LogP contribution in [-0.2, 0) is 19.2 Å². The number of nitrogens with one attached hydrogen (secondary N) is 3. The maximum absolute atomic E-state index is 12.3. The second-order valence-corrected chi connectivity index (χ2v) is 5.83. The molecule has 3 saturated heterocycles. The van der Waals surface area contributed by atoms with Crippen LogP contribution in [0.3, 0.4) is 0 Å². The number of rotatable bonds is 1. The van der Waals surface area contributed by atoms with Crippen LogP contribution >= 0.6 is 0 Å². The minimum Gasteiger partial charge on any atom is -0.356 e. The number of carbonyl (C=O) groups is 4. The third-order valence-corrected chi connectivity index (χ3v) is 4.64. The molecule has 0 aromatic heterocycles. The van der Waals surface area contributed by atoms with Crippen molar-refractivity contribution < 1.29 is 19.2 Å². The normalized spacial score (nSPS) is 28.1. The zero-order chi connectivity index (χ0) is 15.0. The van der Waals surface area contributed by atoms with Crippen LogP contribution in [0.25, 0.3) is 0 Å². The lowest BCUT2D eigenvalue weighted by Gasteiger charge is -2.38. The summed E-state index contributed by atoms with van der Waals surface area (Å²) in [6.45, 7) is 1.47. The van der Waals surface area contributed by atoms with Gasteiger partial charge in [-0.1, -0.05) is 0 Å². The van der Waals surface area contributed by atoms with Gasteiger partial charge < -0.3 is 20.9 Å². The summed E-state index contributed by atoms with van der Waals surface area (Å²) < 4.78 is 0. The van der Waals surface area contributed by atoms with Gasteiger partial charge in [-0.2, -0.15) is 0 Å². The molecule has 3 aliphatic rings. The largest absolute Gasteiger partial charge is 0.356 e. The maximum Gasteiger partial charge on any atom is 0.254 e. The molecule has 3 aliphatic heterocycles. The lowest BCUT2D eigenvalue weighted by molar-refractivity contribution is -0.147. The minimum absolute atomic E-state index is 0.0679. The Hall–Kier alpha value is -2.12. The number of hydrogen-bond donors (Lipinski definition) is 3. The van der Waals surface area contributed by atoms with Crippen molar-refractivity contribution in [1.82, 2.24) is 20.9 Å². The Morgan fingerprint density at radius 3 is 2.43 bits per heavy atom. The average Bonchev–Trinajstić information content (AvgIpc) is 2.83. The van der Waals surface area contributed by atoms with E-state index in [1.54, 1.807) is 4.90 Å². The maximum atomic E-state index is 12.3. The van der Waals surface area contributed by atoms with Crippen LogP contribution in [-0.4, -0.2) is 60.7 Å². The quantitative estimate of drug-likeness (QED) is 0.474. The van der Waals surface area contributed by atoms with Crippen molar-refractivity contribution in [1.29, 1.82) is 0 Å². The van der Waals surface area contributed by atoms with Crippen molar-refractivity contribution in [3.8, 4) is 0 Å². The fourth-order valence-corrected chi connectivity index (χ4v) is 3.25. The van der Waals surface area contributed by atoms with E-state index in [2.05, 4.69) is 16.0 Å². The van der Waals surface area contributed by atoms with Crippen molar-refractivity contribution in [3.63, 3.8) is 0 Å². The van der Waals surface area contributed by atoms with Gasteiger partial charge in [-0.15, -0.1) is 0 Å². The van der Waals surface area contributed by atoms with E-state index in [0.29, 0.717) is 32.5 Å². The van der Waals surface area contributed by atoms with E-state index in [1.165, 1.54) is 0 Å². The molecule has 0 saturated carbocycles. The standard InChI is InChI=1S/C13H18N4O4/c18-8-7-15-10(19)9(16-8)11(20)17-5-2-13(3-6-17)1-4-14-12(13)21/h9H,1-7H2,(H,14,21)(H,15,19)(H,16,18)/t9-/m1/s1. The van der Waals surface area contributed by atoms with Gasteiger partial charge in [0.15, 0.2) is 6.04 Å². The monoisotopic (exact) mass is 294 g/mol. The molecule has 0 aromatic rings. The van der Waals surface area contributed by atoms with Gasteiger partial charge in [-0.3, -0.25) is 19.2 Å². The molecule has 21 heavy (non-hydrogen) atoms. The first-order valence-corrected chi connectivity index (χ1v) is 7.16. The number of nitrogens with zero attached hydrogens (tertiary/aromatic N) is 1. The SMILES string of the molecule is O=C1CNC(=O)[C@H](C(=O)N2CCC3(CCNC3=O)CC2)N1. The van der Waals surface area contributed by atoms with Gasteiger partial charge in [0.2, 0.25) is 11.8 Å². The van der Waals surface area contributed by atoms with Gasteiger partial charge in [0.1, 0.15) is 0 Å². The molecule has 3 heterocycles. The molecule has 3 rings (SSSR count). The van der Waals surface area contributed by atoms with Gasteiger partial charge in [0.25, 0.3) is 11.8 Å². The summed E-state index contributed by atoms with van der Waals surface area (Å²) in [6.07, 6.45) is 2.01. The molecule has 8 nitrogen and oxygen atoms in total. The van der Waals surface area contributed by atoms with E-state index in [4.69, 9.17) is 0 Å². The molecule has 4 amide bonds. The van der Waals surface area contributed by atoms with E-state index in [9.17, 15) is 19.2 Å². The van der Waals surface area contributed by atoms with Crippen molar-refractivity contribution in [3.05, 3.63) is 0 Å². The molecule has 114 valence electrons. The number of amides is 4. The number of piperidine rings is 1. The summed E-state index contributed by atoms with van der Waals surface area (Å²) in [6, 6.07) is -1.14. The molecule has 1 atom stereocenters. The lowest BCUT2D eigenvalue weighted by Crippen LogP contribution is -2.63. The molecule has 1 spiro atoms. The van der Waals surface area contributed by atoms with Crippen LogP contribution < -0.4 is 16.0 Å².